The van der Waals surface area contributed by atoms with Gasteiger partial charge in [-0.15, -0.1) is 11.6 Å². The number of hydrogen-bond donors (Lipinski definition) is 0. The molecule has 1 rings (SSSR count). The van der Waals surface area contributed by atoms with Gasteiger partial charge in [0.15, 0.2) is 9.84 Å². The molecule has 9 heteroatoms. The van der Waals surface area contributed by atoms with Crippen LogP contribution in [0, 0.1) is 0 Å². The first kappa shape index (κ1) is 15.6. The molecule has 1 saturated heterocycles. The maximum absolute atomic E-state index is 12.1. The summed E-state index contributed by atoms with van der Waals surface area (Å²) in [6.07, 6.45) is 1.07. The van der Waals surface area contributed by atoms with E-state index in [9.17, 15) is 16.8 Å². The Balaban J connectivity index is 3.09. The lowest BCUT2D eigenvalue weighted by Gasteiger charge is -2.34. The van der Waals surface area contributed by atoms with Crippen LogP contribution in [0.15, 0.2) is 0 Å². The molecular formula is C8H16ClNO4S3. The fourth-order valence-electron chi connectivity index (χ4n) is 1.50. The van der Waals surface area contributed by atoms with Crippen LogP contribution in [0.2, 0.25) is 0 Å². The number of hydrogen-bond acceptors (Lipinski definition) is 5. The molecule has 2 unspecified atom stereocenters. The minimum Gasteiger partial charge on any atom is -0.227 e. The molecule has 0 saturated carbocycles. The number of halogens is 1. The minimum absolute atomic E-state index is 0.0392. The zero-order valence-electron chi connectivity index (χ0n) is 9.67. The topological polar surface area (TPSA) is 71.5 Å². The van der Waals surface area contributed by atoms with Gasteiger partial charge in [-0.2, -0.15) is 16.1 Å². The molecule has 0 aromatic carbocycles. The predicted octanol–water partition coefficient (Wildman–Crippen LogP) is 0.363. The van der Waals surface area contributed by atoms with Crippen LogP contribution in [0.1, 0.15) is 6.92 Å². The number of nitrogens with zero attached hydrogens (tertiary/aromatic N) is 1. The van der Waals surface area contributed by atoms with Crippen LogP contribution in [0.3, 0.4) is 0 Å². The molecule has 1 heterocycles. The summed E-state index contributed by atoms with van der Waals surface area (Å²) in [7, 11) is -7.05. The number of alkyl halides is 1. The fraction of sp³-hybridized carbons (Fsp3) is 1.00. The van der Waals surface area contributed by atoms with Crippen molar-refractivity contribution < 1.29 is 16.8 Å². The molecule has 0 aromatic rings. The number of sulfonamides is 1. The molecule has 0 radical (unpaired) electrons. The first-order chi connectivity index (χ1) is 7.71. The van der Waals surface area contributed by atoms with Gasteiger partial charge in [0, 0.05) is 30.2 Å². The van der Waals surface area contributed by atoms with E-state index in [0.29, 0.717) is 5.75 Å². The smallest absolute Gasteiger partial charge is 0.219 e. The van der Waals surface area contributed by atoms with Crippen molar-refractivity contribution in [2.24, 2.45) is 0 Å². The fourth-order valence-corrected chi connectivity index (χ4v) is 7.07. The van der Waals surface area contributed by atoms with Crippen molar-refractivity contribution in [1.82, 2.24) is 4.31 Å². The highest BCUT2D eigenvalue weighted by atomic mass is 35.5. The molecule has 2 atom stereocenters. The second kappa shape index (κ2) is 5.64. The summed E-state index contributed by atoms with van der Waals surface area (Å²) in [5.74, 6) is 0.857. The normalized spacial score (nSPS) is 25.7. The van der Waals surface area contributed by atoms with E-state index in [1.165, 1.54) is 18.7 Å². The second-order valence-electron chi connectivity index (χ2n) is 3.98. The third-order valence-electron chi connectivity index (χ3n) is 2.58. The van der Waals surface area contributed by atoms with Crippen LogP contribution in [0.4, 0.5) is 0 Å². The molecule has 0 spiro atoms. The molecule has 5 nitrogen and oxygen atoms in total. The molecule has 0 amide bonds. The van der Waals surface area contributed by atoms with Crippen LogP contribution < -0.4 is 0 Å². The first-order valence-corrected chi connectivity index (χ1v) is 10.2. The van der Waals surface area contributed by atoms with E-state index in [1.54, 1.807) is 0 Å². The van der Waals surface area contributed by atoms with E-state index in [-0.39, 0.29) is 18.2 Å². The summed E-state index contributed by atoms with van der Waals surface area (Å²) in [4.78, 5) is 0. The maximum atomic E-state index is 12.1. The van der Waals surface area contributed by atoms with Crippen molar-refractivity contribution >= 4 is 43.2 Å². The van der Waals surface area contributed by atoms with Crippen molar-refractivity contribution in [2.45, 2.75) is 17.5 Å². The minimum atomic E-state index is -3.64. The van der Waals surface area contributed by atoms with Crippen molar-refractivity contribution in [3.05, 3.63) is 0 Å². The van der Waals surface area contributed by atoms with Crippen molar-refractivity contribution in [1.29, 1.82) is 0 Å². The molecule has 0 aromatic heterocycles. The van der Waals surface area contributed by atoms with Gasteiger partial charge in [0.05, 0.1) is 5.25 Å². The Morgan fingerprint density at radius 2 is 2.00 bits per heavy atom. The van der Waals surface area contributed by atoms with Crippen LogP contribution >= 0.6 is 23.4 Å². The Morgan fingerprint density at radius 3 is 2.47 bits per heavy atom. The van der Waals surface area contributed by atoms with Crippen LogP contribution in [-0.2, 0) is 19.9 Å². The lowest BCUT2D eigenvalue weighted by Crippen LogP contribution is -2.52. The number of sulfone groups is 1. The third kappa shape index (κ3) is 3.50. The van der Waals surface area contributed by atoms with Gasteiger partial charge in [0.1, 0.15) is 5.37 Å². The average molecular weight is 322 g/mol. The molecule has 1 aliphatic rings. The molecule has 0 aliphatic carbocycles. The molecule has 17 heavy (non-hydrogen) atoms. The predicted molar refractivity (Wildman–Crippen MR) is 71.8 cm³/mol. The monoisotopic (exact) mass is 321 g/mol. The summed E-state index contributed by atoms with van der Waals surface area (Å²) in [6.45, 7) is 1.72. The Bertz CT molecular complexity index is 461. The van der Waals surface area contributed by atoms with Crippen LogP contribution in [0.5, 0.6) is 0 Å². The van der Waals surface area contributed by atoms with Gasteiger partial charge in [-0.25, -0.2) is 16.8 Å². The highest BCUT2D eigenvalue weighted by molar-refractivity contribution is 8.01. The van der Waals surface area contributed by atoms with E-state index in [0.717, 1.165) is 10.6 Å². The summed E-state index contributed by atoms with van der Waals surface area (Å²) < 4.78 is 48.6. The lowest BCUT2D eigenvalue weighted by molar-refractivity contribution is 0.400. The second-order valence-corrected chi connectivity index (χ2v) is 9.95. The van der Waals surface area contributed by atoms with E-state index >= 15 is 0 Å². The standard InChI is InChI=1S/C8H16ClNO4S3/c1-7(5-9)17(13,14)10-3-4-15-6-8(10)16(2,11)12/h7-8H,3-6H2,1-2H3. The largest absolute Gasteiger partial charge is 0.227 e. The Labute approximate surface area is 112 Å². The van der Waals surface area contributed by atoms with Crippen LogP contribution in [-0.4, -0.2) is 62.0 Å². The summed E-state index contributed by atoms with van der Waals surface area (Å²) in [6, 6.07) is 0. The lowest BCUT2D eigenvalue weighted by atomic mass is 10.6. The number of rotatable bonds is 4. The van der Waals surface area contributed by atoms with Gasteiger partial charge in [-0.3, -0.25) is 0 Å². The Morgan fingerprint density at radius 1 is 1.41 bits per heavy atom. The van der Waals surface area contributed by atoms with E-state index < -0.39 is 30.5 Å². The Hall–Kier alpha value is 0.500. The quantitative estimate of drug-likeness (QED) is 0.699. The molecule has 0 bridgehead atoms. The molecular weight excluding hydrogens is 306 g/mol. The van der Waals surface area contributed by atoms with E-state index in [2.05, 4.69) is 0 Å². The summed E-state index contributed by atoms with van der Waals surface area (Å²) >= 11 is 7.01. The molecule has 1 aliphatic heterocycles. The Kier molecular flexibility index (Phi) is 5.17. The van der Waals surface area contributed by atoms with Gasteiger partial charge in [0.25, 0.3) is 0 Å². The van der Waals surface area contributed by atoms with E-state index in [4.69, 9.17) is 11.6 Å². The van der Waals surface area contributed by atoms with Gasteiger partial charge in [-0.05, 0) is 6.92 Å². The molecule has 1 fully saturated rings. The molecule has 102 valence electrons. The average Bonchev–Trinajstić information content (AvgIpc) is 2.26. The highest BCUT2D eigenvalue weighted by Gasteiger charge is 2.40. The van der Waals surface area contributed by atoms with Gasteiger partial charge in [-0.1, -0.05) is 0 Å². The summed E-state index contributed by atoms with van der Waals surface area (Å²) in [5, 5.41) is -1.73. The number of thioether (sulfide) groups is 1. The molecule has 0 N–H and O–H groups in total. The van der Waals surface area contributed by atoms with Crippen molar-refractivity contribution in [3.8, 4) is 0 Å². The van der Waals surface area contributed by atoms with Crippen molar-refractivity contribution in [2.75, 3.05) is 30.2 Å². The van der Waals surface area contributed by atoms with E-state index in [1.807, 2.05) is 0 Å². The zero-order valence-corrected chi connectivity index (χ0v) is 12.9. The zero-order chi connectivity index (χ0) is 13.3. The van der Waals surface area contributed by atoms with Gasteiger partial charge < -0.3 is 0 Å². The SMILES string of the molecule is CC(CCl)S(=O)(=O)N1CCSCC1S(C)(=O)=O. The van der Waals surface area contributed by atoms with Gasteiger partial charge >= 0.3 is 0 Å². The summed E-state index contributed by atoms with van der Waals surface area (Å²) in [5.41, 5.74) is 0. The highest BCUT2D eigenvalue weighted by Crippen LogP contribution is 2.25. The first-order valence-electron chi connectivity index (χ1n) is 5.04. The van der Waals surface area contributed by atoms with Crippen LogP contribution in [0.25, 0.3) is 0 Å². The maximum Gasteiger partial charge on any atom is 0.219 e. The third-order valence-corrected chi connectivity index (χ3v) is 8.28. The van der Waals surface area contributed by atoms with Crippen molar-refractivity contribution in [3.63, 3.8) is 0 Å². The van der Waals surface area contributed by atoms with Gasteiger partial charge in [0.2, 0.25) is 10.0 Å².